The molecule has 0 amide bonds. The van der Waals surface area contributed by atoms with Gasteiger partial charge in [-0.05, 0) is 37.0 Å². The maximum Gasteiger partial charge on any atom is 0.0645 e. The summed E-state index contributed by atoms with van der Waals surface area (Å²) in [5.41, 5.74) is 2.23. The number of para-hydroxylation sites is 1. The van der Waals surface area contributed by atoms with Gasteiger partial charge in [0.1, 0.15) is 0 Å². The van der Waals surface area contributed by atoms with Crippen molar-refractivity contribution < 1.29 is 5.11 Å². The molecule has 0 spiro atoms. The molecule has 90 valence electrons. The second-order valence-electron chi connectivity index (χ2n) is 4.23. The van der Waals surface area contributed by atoms with Crippen LogP contribution in [-0.4, -0.2) is 21.0 Å². The predicted molar refractivity (Wildman–Crippen MR) is 68.2 cm³/mol. The number of aliphatic hydroxyl groups excluding tert-OH is 1. The van der Waals surface area contributed by atoms with E-state index in [1.807, 2.05) is 54.3 Å². The summed E-state index contributed by atoms with van der Waals surface area (Å²) in [4.78, 5) is 0. The summed E-state index contributed by atoms with van der Waals surface area (Å²) >= 11 is 0. The van der Waals surface area contributed by atoms with E-state index in [-0.39, 0.29) is 6.10 Å². The Labute approximate surface area is 102 Å². The Bertz CT molecular complexity index is 450. The first kappa shape index (κ1) is 11.9. The van der Waals surface area contributed by atoms with Crippen molar-refractivity contribution in [1.82, 2.24) is 9.78 Å². The largest absolute Gasteiger partial charge is 0.393 e. The van der Waals surface area contributed by atoms with Crippen LogP contribution in [0.5, 0.6) is 0 Å². The summed E-state index contributed by atoms with van der Waals surface area (Å²) in [6, 6.07) is 10.0. The van der Waals surface area contributed by atoms with E-state index in [0.29, 0.717) is 0 Å². The van der Waals surface area contributed by atoms with Crippen LogP contribution in [0.1, 0.15) is 25.3 Å². The molecule has 3 nitrogen and oxygen atoms in total. The van der Waals surface area contributed by atoms with Gasteiger partial charge in [0, 0.05) is 6.20 Å². The number of aromatic nitrogens is 2. The lowest BCUT2D eigenvalue weighted by Gasteiger charge is -2.05. The molecule has 1 heterocycles. The minimum atomic E-state index is -0.199. The molecular weight excluding hydrogens is 212 g/mol. The van der Waals surface area contributed by atoms with Crippen LogP contribution in [0.15, 0.2) is 42.7 Å². The maximum atomic E-state index is 9.52. The summed E-state index contributed by atoms with van der Waals surface area (Å²) in [6.07, 6.45) is 6.19. The van der Waals surface area contributed by atoms with Crippen LogP contribution in [0, 0.1) is 0 Å². The summed E-state index contributed by atoms with van der Waals surface area (Å²) < 4.78 is 1.87. The van der Waals surface area contributed by atoms with E-state index >= 15 is 0 Å². The number of rotatable bonds is 5. The number of aliphatic hydroxyl groups is 1. The fourth-order valence-electron chi connectivity index (χ4n) is 1.75. The SMILES string of the molecule is CCC(O)CCc1cnn(-c2ccccc2)c1. The molecule has 1 N–H and O–H groups in total. The molecule has 2 aromatic rings. The zero-order chi connectivity index (χ0) is 12.1. The molecule has 0 aliphatic heterocycles. The van der Waals surface area contributed by atoms with Gasteiger partial charge in [0.15, 0.2) is 0 Å². The smallest absolute Gasteiger partial charge is 0.0645 e. The van der Waals surface area contributed by atoms with Crippen molar-refractivity contribution in [3.63, 3.8) is 0 Å². The summed E-state index contributed by atoms with van der Waals surface area (Å²) in [6.45, 7) is 2.00. The van der Waals surface area contributed by atoms with Gasteiger partial charge in [-0.1, -0.05) is 25.1 Å². The van der Waals surface area contributed by atoms with Gasteiger partial charge in [-0.25, -0.2) is 4.68 Å². The Balaban J connectivity index is 2.01. The zero-order valence-corrected chi connectivity index (χ0v) is 10.1. The van der Waals surface area contributed by atoms with Crippen molar-refractivity contribution in [3.05, 3.63) is 48.3 Å². The first-order chi connectivity index (χ1) is 8.29. The van der Waals surface area contributed by atoms with Gasteiger partial charge in [-0.3, -0.25) is 0 Å². The van der Waals surface area contributed by atoms with Crippen LogP contribution in [0.25, 0.3) is 5.69 Å². The number of benzene rings is 1. The van der Waals surface area contributed by atoms with Gasteiger partial charge in [0.2, 0.25) is 0 Å². The lowest BCUT2D eigenvalue weighted by Crippen LogP contribution is -2.05. The van der Waals surface area contributed by atoms with Gasteiger partial charge in [-0.2, -0.15) is 5.10 Å². The highest BCUT2D eigenvalue weighted by Gasteiger charge is 2.04. The highest BCUT2D eigenvalue weighted by atomic mass is 16.3. The van der Waals surface area contributed by atoms with Gasteiger partial charge in [0.05, 0.1) is 18.0 Å². The molecule has 0 radical (unpaired) electrons. The van der Waals surface area contributed by atoms with E-state index in [4.69, 9.17) is 0 Å². The first-order valence-corrected chi connectivity index (χ1v) is 6.06. The Kier molecular flexibility index (Phi) is 3.94. The van der Waals surface area contributed by atoms with Crippen LogP contribution in [0.4, 0.5) is 0 Å². The molecular formula is C14H18N2O. The maximum absolute atomic E-state index is 9.52. The number of hydrogen-bond acceptors (Lipinski definition) is 2. The molecule has 0 saturated heterocycles. The standard InChI is InChI=1S/C14H18N2O/c1-2-14(17)9-8-12-10-15-16(11-12)13-6-4-3-5-7-13/h3-7,10-11,14,17H,2,8-9H2,1H3. The van der Waals surface area contributed by atoms with Crippen LogP contribution < -0.4 is 0 Å². The van der Waals surface area contributed by atoms with E-state index in [0.717, 1.165) is 24.9 Å². The molecule has 0 aliphatic rings. The zero-order valence-electron chi connectivity index (χ0n) is 10.1. The van der Waals surface area contributed by atoms with Crippen molar-refractivity contribution >= 4 is 0 Å². The average molecular weight is 230 g/mol. The molecule has 1 unspecified atom stereocenters. The van der Waals surface area contributed by atoms with E-state index in [1.165, 1.54) is 5.56 Å². The van der Waals surface area contributed by atoms with Gasteiger partial charge < -0.3 is 5.11 Å². The molecule has 0 aliphatic carbocycles. The van der Waals surface area contributed by atoms with Crippen molar-refractivity contribution in [2.45, 2.75) is 32.3 Å². The predicted octanol–water partition coefficient (Wildman–Crippen LogP) is 2.58. The van der Waals surface area contributed by atoms with Crippen molar-refractivity contribution in [1.29, 1.82) is 0 Å². The fraction of sp³-hybridized carbons (Fsp3) is 0.357. The van der Waals surface area contributed by atoms with Crippen LogP contribution in [-0.2, 0) is 6.42 Å². The second-order valence-corrected chi connectivity index (χ2v) is 4.23. The summed E-state index contributed by atoms with van der Waals surface area (Å²) in [5, 5.41) is 13.8. The highest BCUT2D eigenvalue weighted by Crippen LogP contribution is 2.10. The fourth-order valence-corrected chi connectivity index (χ4v) is 1.75. The van der Waals surface area contributed by atoms with Crippen LogP contribution in [0.2, 0.25) is 0 Å². The Morgan fingerprint density at radius 2 is 2.06 bits per heavy atom. The Morgan fingerprint density at radius 1 is 1.29 bits per heavy atom. The lowest BCUT2D eigenvalue weighted by molar-refractivity contribution is 0.160. The van der Waals surface area contributed by atoms with Gasteiger partial charge >= 0.3 is 0 Å². The minimum absolute atomic E-state index is 0.199. The van der Waals surface area contributed by atoms with Gasteiger partial charge in [0.25, 0.3) is 0 Å². The molecule has 0 fully saturated rings. The first-order valence-electron chi connectivity index (χ1n) is 6.06. The Morgan fingerprint density at radius 3 is 2.76 bits per heavy atom. The lowest BCUT2D eigenvalue weighted by atomic mass is 10.1. The molecule has 0 saturated carbocycles. The second kappa shape index (κ2) is 5.64. The third kappa shape index (κ3) is 3.17. The van der Waals surface area contributed by atoms with E-state index < -0.39 is 0 Å². The molecule has 2 rings (SSSR count). The van der Waals surface area contributed by atoms with Crippen molar-refractivity contribution in [2.24, 2.45) is 0 Å². The number of nitrogens with zero attached hydrogens (tertiary/aromatic N) is 2. The molecule has 1 aromatic carbocycles. The minimum Gasteiger partial charge on any atom is -0.393 e. The van der Waals surface area contributed by atoms with E-state index in [1.54, 1.807) is 0 Å². The molecule has 1 aromatic heterocycles. The molecule has 0 bridgehead atoms. The summed E-state index contributed by atoms with van der Waals surface area (Å²) in [7, 11) is 0. The Hall–Kier alpha value is -1.61. The van der Waals surface area contributed by atoms with Crippen molar-refractivity contribution in [2.75, 3.05) is 0 Å². The number of hydrogen-bond donors (Lipinski definition) is 1. The van der Waals surface area contributed by atoms with E-state index in [9.17, 15) is 5.11 Å². The van der Waals surface area contributed by atoms with Gasteiger partial charge in [-0.15, -0.1) is 0 Å². The molecule has 3 heteroatoms. The third-order valence-electron chi connectivity index (χ3n) is 2.89. The normalized spacial score (nSPS) is 12.6. The average Bonchev–Trinajstić information content (AvgIpc) is 2.86. The third-order valence-corrected chi connectivity index (χ3v) is 2.89. The van der Waals surface area contributed by atoms with E-state index in [2.05, 4.69) is 5.10 Å². The topological polar surface area (TPSA) is 38.1 Å². The van der Waals surface area contributed by atoms with Crippen LogP contribution in [0.3, 0.4) is 0 Å². The number of aryl methyl sites for hydroxylation is 1. The van der Waals surface area contributed by atoms with Crippen LogP contribution >= 0.6 is 0 Å². The summed E-state index contributed by atoms with van der Waals surface area (Å²) in [5.74, 6) is 0. The highest BCUT2D eigenvalue weighted by molar-refractivity contribution is 5.30. The van der Waals surface area contributed by atoms with Crippen molar-refractivity contribution in [3.8, 4) is 5.69 Å². The monoisotopic (exact) mass is 230 g/mol. The molecule has 1 atom stereocenters. The molecule has 17 heavy (non-hydrogen) atoms. The quantitative estimate of drug-likeness (QED) is 0.857.